The maximum absolute atomic E-state index is 12.6. The third-order valence-electron chi connectivity index (χ3n) is 3.73. The number of nitrogens with two attached hydrogens (primary N) is 1. The standard InChI is InChI=1S/C15H17N5O2/c1-9-6-10(19-13-7-12(16)17-8-18-13)15(22)20-5-3-2-4-11(21)14(9)20/h6-8H,2-5H2,1H3,(H3,16,17,18,19). The number of anilines is 3. The molecule has 7 nitrogen and oxygen atoms in total. The van der Waals surface area contributed by atoms with Gasteiger partial charge in [-0.1, -0.05) is 0 Å². The van der Waals surface area contributed by atoms with E-state index >= 15 is 0 Å². The van der Waals surface area contributed by atoms with Gasteiger partial charge in [0.25, 0.3) is 5.56 Å². The number of nitrogen functional groups attached to an aromatic ring is 1. The number of carbonyl (C=O) groups excluding carboxylic acids is 1. The number of nitrogens with zero attached hydrogens (tertiary/aromatic N) is 3. The number of nitrogens with one attached hydrogen (secondary N) is 1. The van der Waals surface area contributed by atoms with E-state index in [0.717, 1.165) is 18.4 Å². The van der Waals surface area contributed by atoms with Crippen LogP contribution < -0.4 is 16.6 Å². The fourth-order valence-corrected chi connectivity index (χ4v) is 2.73. The van der Waals surface area contributed by atoms with Gasteiger partial charge in [-0.2, -0.15) is 0 Å². The molecule has 3 rings (SSSR count). The van der Waals surface area contributed by atoms with E-state index in [4.69, 9.17) is 5.73 Å². The van der Waals surface area contributed by atoms with E-state index in [1.165, 1.54) is 6.33 Å². The number of rotatable bonds is 2. The Kier molecular flexibility index (Phi) is 3.62. The number of carbonyl (C=O) groups is 1. The Labute approximate surface area is 127 Å². The summed E-state index contributed by atoms with van der Waals surface area (Å²) in [5.41, 5.74) is 7.09. The van der Waals surface area contributed by atoms with Crippen molar-refractivity contribution in [2.24, 2.45) is 0 Å². The molecule has 22 heavy (non-hydrogen) atoms. The summed E-state index contributed by atoms with van der Waals surface area (Å²) in [4.78, 5) is 32.6. The molecule has 0 aliphatic carbocycles. The number of hydrogen-bond acceptors (Lipinski definition) is 6. The molecule has 7 heteroatoms. The molecule has 0 unspecified atom stereocenters. The first kappa shape index (κ1) is 14.2. The molecule has 2 aromatic rings. The largest absolute Gasteiger partial charge is 0.384 e. The van der Waals surface area contributed by atoms with E-state index in [1.807, 2.05) is 6.92 Å². The molecular weight excluding hydrogens is 282 g/mol. The second-order valence-electron chi connectivity index (χ2n) is 5.38. The SMILES string of the molecule is Cc1cc(Nc2cc(N)ncn2)c(=O)n2c1C(=O)CCCC2. The van der Waals surface area contributed by atoms with Gasteiger partial charge in [0.1, 0.15) is 23.7 Å². The van der Waals surface area contributed by atoms with Crippen LogP contribution in [0.4, 0.5) is 17.3 Å². The van der Waals surface area contributed by atoms with Gasteiger partial charge in [0.15, 0.2) is 5.78 Å². The average molecular weight is 299 g/mol. The van der Waals surface area contributed by atoms with Gasteiger partial charge in [-0.3, -0.25) is 9.59 Å². The molecule has 0 saturated heterocycles. The quantitative estimate of drug-likeness (QED) is 0.873. The molecule has 2 aromatic heterocycles. The van der Waals surface area contributed by atoms with Gasteiger partial charge < -0.3 is 15.6 Å². The zero-order chi connectivity index (χ0) is 15.7. The molecule has 0 fully saturated rings. The first-order chi connectivity index (χ1) is 10.6. The summed E-state index contributed by atoms with van der Waals surface area (Å²) in [7, 11) is 0. The minimum atomic E-state index is -0.215. The number of pyridine rings is 1. The minimum absolute atomic E-state index is 0.0323. The number of hydrogen-bond donors (Lipinski definition) is 2. The van der Waals surface area contributed by atoms with Crippen LogP contribution in [-0.2, 0) is 6.54 Å². The number of aromatic nitrogens is 3. The van der Waals surface area contributed by atoms with Gasteiger partial charge in [0.2, 0.25) is 0 Å². The molecular formula is C15H17N5O2. The van der Waals surface area contributed by atoms with Crippen LogP contribution >= 0.6 is 0 Å². The van der Waals surface area contributed by atoms with Gasteiger partial charge in [-0.05, 0) is 31.4 Å². The zero-order valence-corrected chi connectivity index (χ0v) is 12.3. The zero-order valence-electron chi connectivity index (χ0n) is 12.3. The van der Waals surface area contributed by atoms with Crippen LogP contribution in [-0.4, -0.2) is 20.3 Å². The van der Waals surface area contributed by atoms with Crippen molar-refractivity contribution in [2.75, 3.05) is 11.1 Å². The molecule has 114 valence electrons. The monoisotopic (exact) mass is 299 g/mol. The molecule has 0 atom stereocenters. The van der Waals surface area contributed by atoms with Crippen LogP contribution in [0.1, 0.15) is 35.3 Å². The van der Waals surface area contributed by atoms with Crippen molar-refractivity contribution in [1.82, 2.24) is 14.5 Å². The van der Waals surface area contributed by atoms with Crippen molar-refractivity contribution in [3.63, 3.8) is 0 Å². The number of fused-ring (bicyclic) bond motifs is 1. The Morgan fingerprint density at radius 2 is 2.05 bits per heavy atom. The van der Waals surface area contributed by atoms with Crippen molar-refractivity contribution in [3.8, 4) is 0 Å². The summed E-state index contributed by atoms with van der Waals surface area (Å²) in [5, 5.41) is 2.96. The fourth-order valence-electron chi connectivity index (χ4n) is 2.73. The molecule has 0 spiro atoms. The second kappa shape index (κ2) is 5.59. The van der Waals surface area contributed by atoms with Crippen molar-refractivity contribution < 1.29 is 4.79 Å². The highest BCUT2D eigenvalue weighted by Crippen LogP contribution is 2.20. The van der Waals surface area contributed by atoms with Crippen LogP contribution in [0.25, 0.3) is 0 Å². The average Bonchev–Trinajstić information content (AvgIpc) is 2.67. The van der Waals surface area contributed by atoms with E-state index in [0.29, 0.717) is 36.0 Å². The smallest absolute Gasteiger partial charge is 0.274 e. The van der Waals surface area contributed by atoms with E-state index < -0.39 is 0 Å². The highest BCUT2D eigenvalue weighted by atomic mass is 16.1. The summed E-state index contributed by atoms with van der Waals surface area (Å²) < 4.78 is 1.57. The summed E-state index contributed by atoms with van der Waals surface area (Å²) >= 11 is 0. The minimum Gasteiger partial charge on any atom is -0.384 e. The number of ketones is 1. The Balaban J connectivity index is 2.07. The Bertz CT molecular complexity index is 797. The van der Waals surface area contributed by atoms with Crippen LogP contribution in [0.5, 0.6) is 0 Å². The summed E-state index contributed by atoms with van der Waals surface area (Å²) in [6.45, 7) is 2.40. The normalized spacial score (nSPS) is 14.3. The van der Waals surface area contributed by atoms with Gasteiger partial charge >= 0.3 is 0 Å². The molecule has 1 aliphatic rings. The predicted octanol–water partition coefficient (Wildman–Crippen LogP) is 1.64. The van der Waals surface area contributed by atoms with Crippen molar-refractivity contribution in [1.29, 1.82) is 0 Å². The predicted molar refractivity (Wildman–Crippen MR) is 83.3 cm³/mol. The lowest BCUT2D eigenvalue weighted by molar-refractivity contribution is 0.0975. The number of aryl methyl sites for hydroxylation is 1. The summed E-state index contributed by atoms with van der Waals surface area (Å²) in [5.74, 6) is 0.800. The van der Waals surface area contributed by atoms with E-state index in [-0.39, 0.29) is 11.3 Å². The molecule has 0 radical (unpaired) electrons. The molecule has 0 bridgehead atoms. The second-order valence-corrected chi connectivity index (χ2v) is 5.38. The molecule has 0 amide bonds. The number of Topliss-reactive ketones (excluding diaryl/α,β-unsaturated/α-hetero) is 1. The fraction of sp³-hybridized carbons (Fsp3) is 0.333. The molecule has 3 heterocycles. The Hall–Kier alpha value is -2.70. The lowest BCUT2D eigenvalue weighted by Crippen LogP contribution is -2.27. The summed E-state index contributed by atoms with van der Waals surface area (Å²) in [6.07, 6.45) is 3.46. The lowest BCUT2D eigenvalue weighted by Gasteiger charge is -2.14. The Morgan fingerprint density at radius 3 is 2.82 bits per heavy atom. The third kappa shape index (κ3) is 2.57. The van der Waals surface area contributed by atoms with E-state index in [2.05, 4.69) is 15.3 Å². The van der Waals surface area contributed by atoms with Crippen LogP contribution in [0.15, 0.2) is 23.3 Å². The summed E-state index contributed by atoms with van der Waals surface area (Å²) in [6, 6.07) is 3.24. The van der Waals surface area contributed by atoms with Crippen molar-refractivity contribution >= 4 is 23.1 Å². The van der Waals surface area contributed by atoms with E-state index in [1.54, 1.807) is 16.7 Å². The molecule has 0 saturated carbocycles. The van der Waals surface area contributed by atoms with Crippen LogP contribution in [0.3, 0.4) is 0 Å². The van der Waals surface area contributed by atoms with Crippen LogP contribution in [0.2, 0.25) is 0 Å². The van der Waals surface area contributed by atoms with Gasteiger partial charge in [-0.25, -0.2) is 9.97 Å². The maximum atomic E-state index is 12.6. The molecule has 1 aliphatic heterocycles. The highest BCUT2D eigenvalue weighted by molar-refractivity contribution is 5.96. The highest BCUT2D eigenvalue weighted by Gasteiger charge is 2.21. The topological polar surface area (TPSA) is 103 Å². The molecule has 3 N–H and O–H groups in total. The molecule has 0 aromatic carbocycles. The lowest BCUT2D eigenvalue weighted by atomic mass is 10.1. The van der Waals surface area contributed by atoms with Crippen molar-refractivity contribution in [2.45, 2.75) is 32.7 Å². The first-order valence-electron chi connectivity index (χ1n) is 7.18. The Morgan fingerprint density at radius 1 is 1.23 bits per heavy atom. The van der Waals surface area contributed by atoms with Crippen molar-refractivity contribution in [3.05, 3.63) is 40.1 Å². The van der Waals surface area contributed by atoms with E-state index in [9.17, 15) is 9.59 Å². The first-order valence-corrected chi connectivity index (χ1v) is 7.18. The third-order valence-corrected chi connectivity index (χ3v) is 3.73. The van der Waals surface area contributed by atoms with Gasteiger partial charge in [0, 0.05) is 19.0 Å². The van der Waals surface area contributed by atoms with Gasteiger partial charge in [0.05, 0.1) is 5.69 Å². The van der Waals surface area contributed by atoms with Gasteiger partial charge in [-0.15, -0.1) is 0 Å². The maximum Gasteiger partial charge on any atom is 0.274 e. The van der Waals surface area contributed by atoms with Crippen LogP contribution in [0, 0.1) is 6.92 Å².